The van der Waals surface area contributed by atoms with Crippen molar-refractivity contribution in [3.05, 3.63) is 97.2 Å². The average molecular weight is 466 g/mol. The number of halogens is 1. The molecule has 0 radical (unpaired) electrons. The molecule has 1 heterocycles. The number of aromatic nitrogens is 2. The second-order valence-electron chi connectivity index (χ2n) is 7.06. The molecule has 8 nitrogen and oxygen atoms in total. The lowest BCUT2D eigenvalue weighted by Crippen LogP contribution is -2.27. The van der Waals surface area contributed by atoms with Crippen LogP contribution in [0, 0.1) is 5.82 Å². The molecule has 33 heavy (non-hydrogen) atoms. The summed E-state index contributed by atoms with van der Waals surface area (Å²) in [6.45, 7) is 0. The Morgan fingerprint density at radius 2 is 1.52 bits per heavy atom. The van der Waals surface area contributed by atoms with Crippen LogP contribution >= 0.6 is 0 Å². The van der Waals surface area contributed by atoms with E-state index in [0.717, 1.165) is 4.31 Å². The molecule has 0 aliphatic carbocycles. The lowest BCUT2D eigenvalue weighted by atomic mass is 10.3. The predicted octanol–water partition coefficient (Wildman–Crippen LogP) is 4.48. The Labute approximate surface area is 190 Å². The number of urea groups is 1. The number of para-hydroxylation sites is 1. The van der Waals surface area contributed by atoms with Gasteiger partial charge < -0.3 is 15.2 Å². The molecule has 2 amide bonds. The fraction of sp³-hybridized carbons (Fsp3) is 0.0435. The molecule has 1 aromatic heterocycles. The van der Waals surface area contributed by atoms with Gasteiger partial charge in [0, 0.05) is 30.3 Å². The molecule has 0 spiro atoms. The van der Waals surface area contributed by atoms with Crippen molar-refractivity contribution >= 4 is 33.1 Å². The van der Waals surface area contributed by atoms with Gasteiger partial charge in [-0.3, -0.25) is 4.31 Å². The summed E-state index contributed by atoms with van der Waals surface area (Å²) in [4.78, 5) is 16.1. The number of benzene rings is 3. The van der Waals surface area contributed by atoms with Gasteiger partial charge in [-0.05, 0) is 60.7 Å². The van der Waals surface area contributed by atoms with Crippen molar-refractivity contribution in [1.82, 2.24) is 9.55 Å². The molecule has 0 bridgehead atoms. The number of carbonyl (C=O) groups excluding carboxylic acids is 1. The van der Waals surface area contributed by atoms with Crippen LogP contribution < -0.4 is 14.9 Å². The number of nitrogens with zero attached hydrogens (tertiary/aromatic N) is 3. The van der Waals surface area contributed by atoms with E-state index in [1.807, 2.05) is 18.2 Å². The lowest BCUT2D eigenvalue weighted by Gasteiger charge is -2.18. The van der Waals surface area contributed by atoms with Gasteiger partial charge >= 0.3 is 6.03 Å². The highest BCUT2D eigenvalue weighted by atomic mass is 32.2. The number of imidazole rings is 1. The third-order valence-electron chi connectivity index (χ3n) is 4.83. The number of anilines is 3. The van der Waals surface area contributed by atoms with E-state index in [-0.39, 0.29) is 10.8 Å². The van der Waals surface area contributed by atoms with E-state index in [0.29, 0.717) is 22.7 Å². The maximum absolute atomic E-state index is 13.1. The Morgan fingerprint density at radius 3 is 2.15 bits per heavy atom. The fourth-order valence-corrected chi connectivity index (χ4v) is 4.15. The minimum atomic E-state index is -3.94. The summed E-state index contributed by atoms with van der Waals surface area (Å²) in [5.41, 5.74) is 2.12. The quantitative estimate of drug-likeness (QED) is 0.439. The molecule has 0 aliphatic rings. The van der Waals surface area contributed by atoms with Gasteiger partial charge in [-0.2, -0.15) is 8.42 Å². The van der Waals surface area contributed by atoms with Crippen LogP contribution in [0.1, 0.15) is 0 Å². The molecule has 4 rings (SSSR count). The van der Waals surface area contributed by atoms with Crippen molar-refractivity contribution < 1.29 is 17.6 Å². The maximum atomic E-state index is 13.1. The van der Waals surface area contributed by atoms with Crippen LogP contribution in [0.5, 0.6) is 0 Å². The van der Waals surface area contributed by atoms with Crippen LogP contribution in [0.25, 0.3) is 5.69 Å². The molecular weight excluding hydrogens is 445 g/mol. The topological polar surface area (TPSA) is 96.3 Å². The van der Waals surface area contributed by atoms with E-state index in [1.54, 1.807) is 36.4 Å². The van der Waals surface area contributed by atoms with Crippen LogP contribution in [0.15, 0.2) is 96.4 Å². The summed E-state index contributed by atoms with van der Waals surface area (Å²) in [5, 5.41) is 5.24. The summed E-state index contributed by atoms with van der Waals surface area (Å²) in [6, 6.07) is 20.5. The van der Waals surface area contributed by atoms with E-state index in [1.165, 1.54) is 48.4 Å². The number of carbonyl (C=O) groups is 1. The van der Waals surface area contributed by atoms with Gasteiger partial charge in [0.25, 0.3) is 10.0 Å². The Hall–Kier alpha value is -4.18. The van der Waals surface area contributed by atoms with Crippen LogP contribution in [-0.4, -0.2) is 31.0 Å². The number of nitrogens with one attached hydrogen (secondary N) is 2. The lowest BCUT2D eigenvalue weighted by molar-refractivity contribution is 0.262. The predicted molar refractivity (Wildman–Crippen MR) is 125 cm³/mol. The van der Waals surface area contributed by atoms with E-state index in [2.05, 4.69) is 15.6 Å². The molecule has 0 fully saturated rings. The van der Waals surface area contributed by atoms with Gasteiger partial charge in [0.15, 0.2) is 5.03 Å². The number of hydrogen-bond donors (Lipinski definition) is 2. The Bertz CT molecular complexity index is 1360. The molecule has 0 saturated carbocycles. The zero-order valence-electron chi connectivity index (χ0n) is 17.5. The maximum Gasteiger partial charge on any atom is 0.323 e. The molecule has 3 aromatic carbocycles. The molecular formula is C23H20FN5O3S. The van der Waals surface area contributed by atoms with Gasteiger partial charge in [0.05, 0.1) is 5.69 Å². The van der Waals surface area contributed by atoms with Crippen LogP contribution in [0.4, 0.5) is 26.2 Å². The first-order valence-electron chi connectivity index (χ1n) is 9.85. The summed E-state index contributed by atoms with van der Waals surface area (Å²) in [5.74, 6) is -0.387. The highest BCUT2D eigenvalue weighted by Crippen LogP contribution is 2.23. The highest BCUT2D eigenvalue weighted by Gasteiger charge is 2.24. The Kier molecular flexibility index (Phi) is 6.09. The fourth-order valence-electron chi connectivity index (χ4n) is 3.04. The zero-order chi connectivity index (χ0) is 23.4. The minimum Gasteiger partial charge on any atom is -0.308 e. The molecule has 10 heteroatoms. The average Bonchev–Trinajstić information content (AvgIpc) is 3.31. The van der Waals surface area contributed by atoms with Crippen molar-refractivity contribution in [2.75, 3.05) is 22.0 Å². The first-order chi connectivity index (χ1) is 15.8. The molecule has 0 aliphatic heterocycles. The number of amides is 2. The molecule has 2 N–H and O–H groups in total. The Morgan fingerprint density at radius 1 is 0.909 bits per heavy atom. The number of rotatable bonds is 6. The molecule has 4 aromatic rings. The van der Waals surface area contributed by atoms with Crippen molar-refractivity contribution in [1.29, 1.82) is 0 Å². The standard InChI is InChI=1S/C23H20FN5O3S/c1-28(33(31,32)22-15-29(16-25-22)21-11-7-17(24)8-12-21)20-13-9-19(10-14-20)27-23(30)26-18-5-3-2-4-6-18/h2-16H,1H3,(H2,26,27,30). The normalized spacial score (nSPS) is 11.1. The van der Waals surface area contributed by atoms with Gasteiger partial charge in [0.2, 0.25) is 0 Å². The second-order valence-corrected chi connectivity index (χ2v) is 8.98. The SMILES string of the molecule is CN(c1ccc(NC(=O)Nc2ccccc2)cc1)S(=O)(=O)c1cn(-c2ccc(F)cc2)cn1. The largest absolute Gasteiger partial charge is 0.323 e. The first kappa shape index (κ1) is 22.0. The van der Waals surface area contributed by atoms with Crippen molar-refractivity contribution in [2.24, 2.45) is 0 Å². The van der Waals surface area contributed by atoms with Crippen molar-refractivity contribution in [3.8, 4) is 5.69 Å². The third-order valence-corrected chi connectivity index (χ3v) is 6.50. The number of sulfonamides is 1. The van der Waals surface area contributed by atoms with E-state index >= 15 is 0 Å². The second kappa shape index (κ2) is 9.13. The zero-order valence-corrected chi connectivity index (χ0v) is 18.3. The van der Waals surface area contributed by atoms with Gasteiger partial charge in [-0.15, -0.1) is 0 Å². The Balaban J connectivity index is 1.45. The number of hydrogen-bond acceptors (Lipinski definition) is 4. The molecule has 0 saturated heterocycles. The van der Waals surface area contributed by atoms with E-state index in [9.17, 15) is 17.6 Å². The monoisotopic (exact) mass is 465 g/mol. The van der Waals surface area contributed by atoms with Crippen molar-refractivity contribution in [3.63, 3.8) is 0 Å². The van der Waals surface area contributed by atoms with Crippen LogP contribution in [-0.2, 0) is 10.0 Å². The van der Waals surface area contributed by atoms with Crippen molar-refractivity contribution in [2.45, 2.75) is 5.03 Å². The molecule has 0 atom stereocenters. The summed E-state index contributed by atoms with van der Waals surface area (Å²) < 4.78 is 41.7. The summed E-state index contributed by atoms with van der Waals surface area (Å²) in [6.07, 6.45) is 2.72. The van der Waals surface area contributed by atoms with Gasteiger partial charge in [-0.25, -0.2) is 14.2 Å². The first-order valence-corrected chi connectivity index (χ1v) is 11.3. The minimum absolute atomic E-state index is 0.154. The molecule has 168 valence electrons. The van der Waals surface area contributed by atoms with Crippen LogP contribution in [0.2, 0.25) is 0 Å². The highest BCUT2D eigenvalue weighted by molar-refractivity contribution is 7.92. The smallest absolute Gasteiger partial charge is 0.308 e. The molecule has 0 unspecified atom stereocenters. The summed E-state index contributed by atoms with van der Waals surface area (Å²) in [7, 11) is -2.52. The van der Waals surface area contributed by atoms with E-state index < -0.39 is 16.1 Å². The van der Waals surface area contributed by atoms with Gasteiger partial charge in [-0.1, -0.05) is 18.2 Å². The third kappa shape index (κ3) is 5.01. The van der Waals surface area contributed by atoms with E-state index in [4.69, 9.17) is 0 Å². The van der Waals surface area contributed by atoms with Gasteiger partial charge in [0.1, 0.15) is 12.1 Å². The summed E-state index contributed by atoms with van der Waals surface area (Å²) >= 11 is 0. The van der Waals surface area contributed by atoms with Crippen LogP contribution in [0.3, 0.4) is 0 Å².